The van der Waals surface area contributed by atoms with Crippen LogP contribution in [-0.2, 0) is 0 Å². The van der Waals surface area contributed by atoms with Gasteiger partial charge in [-0.2, -0.15) is 0 Å². The first-order chi connectivity index (χ1) is 11.2. The SMILES string of the molecule is CN1CCN(C2CN(C(=O)c3cnc4ccccc4n3)C2)CC1. The van der Waals surface area contributed by atoms with Gasteiger partial charge in [0.25, 0.3) is 5.91 Å². The number of likely N-dealkylation sites (N-methyl/N-ethyl adjacent to an activating group) is 1. The molecule has 6 nitrogen and oxygen atoms in total. The monoisotopic (exact) mass is 311 g/mol. The molecule has 0 aliphatic carbocycles. The van der Waals surface area contributed by atoms with Gasteiger partial charge in [0.05, 0.1) is 17.2 Å². The molecular weight excluding hydrogens is 290 g/mol. The maximum Gasteiger partial charge on any atom is 0.274 e. The number of hydrogen-bond acceptors (Lipinski definition) is 5. The first-order valence-corrected chi connectivity index (χ1v) is 8.14. The van der Waals surface area contributed by atoms with Crippen LogP contribution in [0.3, 0.4) is 0 Å². The minimum atomic E-state index is -0.00590. The normalized spacial score (nSPS) is 20.7. The van der Waals surface area contributed by atoms with Gasteiger partial charge in [0.15, 0.2) is 0 Å². The summed E-state index contributed by atoms with van der Waals surface area (Å²) in [6.07, 6.45) is 1.59. The Bertz CT molecular complexity index is 720. The number of nitrogens with zero attached hydrogens (tertiary/aromatic N) is 5. The summed E-state index contributed by atoms with van der Waals surface area (Å²) in [6, 6.07) is 8.14. The van der Waals surface area contributed by atoms with Crippen molar-refractivity contribution in [1.82, 2.24) is 24.7 Å². The van der Waals surface area contributed by atoms with Crippen molar-refractivity contribution in [3.8, 4) is 0 Å². The van der Waals surface area contributed by atoms with Crippen LogP contribution in [0, 0.1) is 0 Å². The third-order valence-electron chi connectivity index (χ3n) is 4.87. The summed E-state index contributed by atoms with van der Waals surface area (Å²) in [4.78, 5) is 28.1. The average Bonchev–Trinajstić information content (AvgIpc) is 2.54. The predicted molar refractivity (Wildman–Crippen MR) is 88.3 cm³/mol. The number of aromatic nitrogens is 2. The van der Waals surface area contributed by atoms with Gasteiger partial charge < -0.3 is 9.80 Å². The zero-order valence-corrected chi connectivity index (χ0v) is 13.4. The van der Waals surface area contributed by atoms with Gasteiger partial charge in [-0.15, -0.1) is 0 Å². The molecule has 2 saturated heterocycles. The molecule has 0 saturated carbocycles. The van der Waals surface area contributed by atoms with Gasteiger partial charge in [-0.1, -0.05) is 12.1 Å². The number of amides is 1. The van der Waals surface area contributed by atoms with E-state index in [-0.39, 0.29) is 5.91 Å². The molecule has 0 N–H and O–H groups in total. The van der Waals surface area contributed by atoms with Crippen LogP contribution in [0.15, 0.2) is 30.5 Å². The number of carbonyl (C=O) groups excluding carboxylic acids is 1. The molecule has 2 fully saturated rings. The highest BCUT2D eigenvalue weighted by atomic mass is 16.2. The first-order valence-electron chi connectivity index (χ1n) is 8.14. The number of piperazine rings is 1. The van der Waals surface area contributed by atoms with Crippen LogP contribution in [0.4, 0.5) is 0 Å². The summed E-state index contributed by atoms with van der Waals surface area (Å²) in [7, 11) is 2.16. The zero-order chi connectivity index (χ0) is 15.8. The maximum atomic E-state index is 12.5. The van der Waals surface area contributed by atoms with Crippen LogP contribution in [0.2, 0.25) is 0 Å². The summed E-state index contributed by atoms with van der Waals surface area (Å²) < 4.78 is 0. The number of carbonyl (C=O) groups is 1. The fourth-order valence-corrected chi connectivity index (χ4v) is 3.26. The van der Waals surface area contributed by atoms with E-state index in [2.05, 4.69) is 26.8 Å². The van der Waals surface area contributed by atoms with Crippen LogP contribution in [0.5, 0.6) is 0 Å². The largest absolute Gasteiger partial charge is 0.334 e. The second kappa shape index (κ2) is 5.86. The van der Waals surface area contributed by atoms with E-state index < -0.39 is 0 Å². The maximum absolute atomic E-state index is 12.5. The van der Waals surface area contributed by atoms with Crippen molar-refractivity contribution in [2.45, 2.75) is 6.04 Å². The Morgan fingerprint density at radius 1 is 1.09 bits per heavy atom. The van der Waals surface area contributed by atoms with Crippen molar-refractivity contribution in [1.29, 1.82) is 0 Å². The Morgan fingerprint density at radius 2 is 1.78 bits per heavy atom. The Morgan fingerprint density at radius 3 is 2.52 bits per heavy atom. The second-order valence-corrected chi connectivity index (χ2v) is 6.45. The van der Waals surface area contributed by atoms with E-state index in [4.69, 9.17) is 0 Å². The summed E-state index contributed by atoms with van der Waals surface area (Å²) in [5, 5.41) is 0. The van der Waals surface area contributed by atoms with Gasteiger partial charge in [0.1, 0.15) is 5.69 Å². The average molecular weight is 311 g/mol. The zero-order valence-electron chi connectivity index (χ0n) is 13.4. The molecule has 0 atom stereocenters. The molecule has 1 aromatic heterocycles. The van der Waals surface area contributed by atoms with Gasteiger partial charge in [0, 0.05) is 45.3 Å². The Balaban J connectivity index is 1.40. The standard InChI is InChI=1S/C17H21N5O/c1-20-6-8-21(9-7-20)13-11-22(12-13)17(23)16-10-18-14-4-2-3-5-15(14)19-16/h2-5,10,13H,6-9,11-12H2,1H3. The molecule has 0 unspecified atom stereocenters. The molecule has 23 heavy (non-hydrogen) atoms. The fraction of sp³-hybridized carbons (Fsp3) is 0.471. The lowest BCUT2D eigenvalue weighted by molar-refractivity contribution is 0.0107. The van der Waals surface area contributed by atoms with Crippen molar-refractivity contribution in [2.24, 2.45) is 0 Å². The quantitative estimate of drug-likeness (QED) is 0.817. The molecule has 3 heterocycles. The van der Waals surface area contributed by atoms with Crippen LogP contribution in [-0.4, -0.2) is 82.9 Å². The molecule has 2 aliphatic heterocycles. The van der Waals surface area contributed by atoms with E-state index in [1.54, 1.807) is 6.20 Å². The Kier molecular flexibility index (Phi) is 3.71. The van der Waals surface area contributed by atoms with Gasteiger partial charge in [0.2, 0.25) is 0 Å². The molecule has 0 bridgehead atoms. The van der Waals surface area contributed by atoms with E-state index >= 15 is 0 Å². The van der Waals surface area contributed by atoms with Gasteiger partial charge in [-0.3, -0.25) is 14.7 Å². The highest BCUT2D eigenvalue weighted by Crippen LogP contribution is 2.19. The Labute approximate surface area is 135 Å². The highest BCUT2D eigenvalue weighted by Gasteiger charge is 2.36. The number of hydrogen-bond donors (Lipinski definition) is 0. The molecule has 2 aromatic rings. The molecule has 0 spiro atoms. The lowest BCUT2D eigenvalue weighted by Gasteiger charge is -2.47. The second-order valence-electron chi connectivity index (χ2n) is 6.45. The van der Waals surface area contributed by atoms with E-state index in [1.165, 1.54) is 0 Å². The minimum absolute atomic E-state index is 0.00590. The fourth-order valence-electron chi connectivity index (χ4n) is 3.26. The predicted octanol–water partition coefficient (Wildman–Crippen LogP) is 0.702. The molecule has 1 amide bonds. The molecule has 2 aliphatic rings. The number of benzene rings is 1. The first kappa shape index (κ1) is 14.5. The third-order valence-corrected chi connectivity index (χ3v) is 4.87. The number of likely N-dealkylation sites (tertiary alicyclic amines) is 1. The lowest BCUT2D eigenvalue weighted by atomic mass is 10.1. The number of fused-ring (bicyclic) bond motifs is 1. The van der Waals surface area contributed by atoms with Gasteiger partial charge in [-0.05, 0) is 19.2 Å². The number of para-hydroxylation sites is 2. The molecule has 0 radical (unpaired) electrons. The van der Waals surface area contributed by atoms with Crippen LogP contribution in [0.25, 0.3) is 11.0 Å². The summed E-state index contributed by atoms with van der Waals surface area (Å²) >= 11 is 0. The van der Waals surface area contributed by atoms with Gasteiger partial charge in [-0.25, -0.2) is 4.98 Å². The van der Waals surface area contributed by atoms with E-state index in [0.29, 0.717) is 11.7 Å². The van der Waals surface area contributed by atoms with E-state index in [1.807, 2.05) is 29.2 Å². The minimum Gasteiger partial charge on any atom is -0.334 e. The van der Waals surface area contributed by atoms with Crippen LogP contribution < -0.4 is 0 Å². The smallest absolute Gasteiger partial charge is 0.274 e. The van der Waals surface area contributed by atoms with Crippen LogP contribution >= 0.6 is 0 Å². The Hall–Kier alpha value is -2.05. The van der Waals surface area contributed by atoms with Crippen molar-refractivity contribution < 1.29 is 4.79 Å². The molecule has 6 heteroatoms. The van der Waals surface area contributed by atoms with Crippen molar-refractivity contribution in [2.75, 3.05) is 46.3 Å². The van der Waals surface area contributed by atoms with Crippen LogP contribution in [0.1, 0.15) is 10.5 Å². The molecular formula is C17H21N5O. The molecule has 4 rings (SSSR count). The highest BCUT2D eigenvalue weighted by molar-refractivity contribution is 5.94. The topological polar surface area (TPSA) is 52.6 Å². The van der Waals surface area contributed by atoms with E-state index in [0.717, 1.165) is 50.3 Å². The van der Waals surface area contributed by atoms with Crippen molar-refractivity contribution >= 4 is 16.9 Å². The third kappa shape index (κ3) is 2.80. The summed E-state index contributed by atoms with van der Waals surface area (Å²) in [6.45, 7) is 6.02. The summed E-state index contributed by atoms with van der Waals surface area (Å²) in [5.74, 6) is -0.00590. The van der Waals surface area contributed by atoms with E-state index in [9.17, 15) is 4.79 Å². The molecule has 1 aromatic carbocycles. The van der Waals surface area contributed by atoms with Crippen molar-refractivity contribution in [3.63, 3.8) is 0 Å². The van der Waals surface area contributed by atoms with Gasteiger partial charge >= 0.3 is 0 Å². The summed E-state index contributed by atoms with van der Waals surface area (Å²) in [5.41, 5.74) is 2.04. The molecule has 120 valence electrons. The lowest BCUT2D eigenvalue weighted by Crippen LogP contribution is -2.64. The van der Waals surface area contributed by atoms with Crippen molar-refractivity contribution in [3.05, 3.63) is 36.2 Å². The number of rotatable bonds is 2.